The van der Waals surface area contributed by atoms with Crippen LogP contribution in [-0.4, -0.2) is 25.4 Å². The SMILES string of the molecule is O=NCc1nnc2[nH]cc(Nc3ccc(O)cc3)c2c1-c1ccccc1O. The number of aromatic hydroxyl groups is 2. The van der Waals surface area contributed by atoms with Crippen molar-refractivity contribution in [3.8, 4) is 22.6 Å². The predicted molar refractivity (Wildman–Crippen MR) is 102 cm³/mol. The number of nitrogens with zero attached hydrogens (tertiary/aromatic N) is 3. The average Bonchev–Trinajstić information content (AvgIpc) is 3.07. The molecule has 27 heavy (non-hydrogen) atoms. The first-order valence-electron chi connectivity index (χ1n) is 8.17. The number of nitroso groups, excluding NO2 is 1. The van der Waals surface area contributed by atoms with Gasteiger partial charge in [-0.25, -0.2) is 0 Å². The fraction of sp³-hybridized carbons (Fsp3) is 0.0526. The molecule has 0 aliphatic rings. The Morgan fingerprint density at radius 3 is 2.56 bits per heavy atom. The van der Waals surface area contributed by atoms with Crippen LogP contribution in [0.4, 0.5) is 11.4 Å². The first-order chi connectivity index (χ1) is 13.2. The predicted octanol–water partition coefficient (Wildman–Crippen LogP) is 4.05. The molecule has 0 aliphatic carbocycles. The van der Waals surface area contributed by atoms with E-state index in [1.165, 1.54) is 0 Å². The van der Waals surface area contributed by atoms with Gasteiger partial charge in [0.1, 0.15) is 18.0 Å². The van der Waals surface area contributed by atoms with Crippen molar-refractivity contribution in [3.63, 3.8) is 0 Å². The number of H-pyrrole nitrogens is 1. The van der Waals surface area contributed by atoms with Crippen molar-refractivity contribution in [1.29, 1.82) is 0 Å². The summed E-state index contributed by atoms with van der Waals surface area (Å²) in [4.78, 5) is 13.9. The molecule has 4 aromatic rings. The molecule has 0 atom stereocenters. The number of fused-ring (bicyclic) bond motifs is 1. The highest BCUT2D eigenvalue weighted by atomic mass is 16.3. The molecule has 0 amide bonds. The molecular formula is C19H15N5O3. The van der Waals surface area contributed by atoms with Gasteiger partial charge in [0, 0.05) is 23.0 Å². The summed E-state index contributed by atoms with van der Waals surface area (Å²) in [6, 6.07) is 13.4. The topological polar surface area (TPSA) is 123 Å². The number of phenols is 2. The molecule has 8 nitrogen and oxygen atoms in total. The van der Waals surface area contributed by atoms with Gasteiger partial charge in [0.15, 0.2) is 5.65 Å². The lowest BCUT2D eigenvalue weighted by Gasteiger charge is -2.12. The lowest BCUT2D eigenvalue weighted by Crippen LogP contribution is -1.99. The third-order valence-corrected chi connectivity index (χ3v) is 4.20. The maximum Gasteiger partial charge on any atom is 0.162 e. The number of hydrogen-bond donors (Lipinski definition) is 4. The number of anilines is 2. The van der Waals surface area contributed by atoms with Crippen molar-refractivity contribution in [2.75, 3.05) is 5.32 Å². The van der Waals surface area contributed by atoms with Crippen molar-refractivity contribution >= 4 is 22.4 Å². The minimum absolute atomic E-state index is 0.0655. The average molecular weight is 361 g/mol. The first kappa shape index (κ1) is 16.5. The number of para-hydroxylation sites is 1. The molecule has 8 heteroatoms. The van der Waals surface area contributed by atoms with Gasteiger partial charge in [-0.15, -0.1) is 5.10 Å². The van der Waals surface area contributed by atoms with E-state index in [1.54, 1.807) is 54.7 Å². The smallest absolute Gasteiger partial charge is 0.162 e. The fourth-order valence-corrected chi connectivity index (χ4v) is 2.99. The van der Waals surface area contributed by atoms with Gasteiger partial charge < -0.3 is 20.5 Å². The highest BCUT2D eigenvalue weighted by Gasteiger charge is 2.20. The quantitative estimate of drug-likeness (QED) is 0.314. The molecule has 2 aromatic heterocycles. The molecule has 0 bridgehead atoms. The Morgan fingerprint density at radius 1 is 1.04 bits per heavy atom. The van der Waals surface area contributed by atoms with Gasteiger partial charge in [0.25, 0.3) is 0 Å². The van der Waals surface area contributed by atoms with E-state index in [1.807, 2.05) is 0 Å². The number of benzene rings is 2. The number of nitrogens with one attached hydrogen (secondary N) is 2. The first-order valence-corrected chi connectivity index (χ1v) is 8.17. The van der Waals surface area contributed by atoms with E-state index >= 15 is 0 Å². The van der Waals surface area contributed by atoms with Crippen LogP contribution < -0.4 is 5.32 Å². The summed E-state index contributed by atoms with van der Waals surface area (Å²) >= 11 is 0. The lowest BCUT2D eigenvalue weighted by molar-refractivity contribution is 0.475. The summed E-state index contributed by atoms with van der Waals surface area (Å²) in [6.45, 7) is -0.170. The van der Waals surface area contributed by atoms with Crippen LogP contribution in [0.3, 0.4) is 0 Å². The molecule has 0 saturated carbocycles. The second-order valence-corrected chi connectivity index (χ2v) is 5.92. The third kappa shape index (κ3) is 3.04. The molecular weight excluding hydrogens is 346 g/mol. The van der Waals surface area contributed by atoms with Crippen LogP contribution >= 0.6 is 0 Å². The lowest BCUT2D eigenvalue weighted by atomic mass is 9.99. The number of aromatic amines is 1. The Labute approximate surface area is 153 Å². The Kier molecular flexibility index (Phi) is 4.13. The van der Waals surface area contributed by atoms with E-state index in [-0.39, 0.29) is 18.0 Å². The molecule has 2 heterocycles. The zero-order valence-corrected chi connectivity index (χ0v) is 14.0. The van der Waals surface area contributed by atoms with Crippen LogP contribution in [0.2, 0.25) is 0 Å². The summed E-state index contributed by atoms with van der Waals surface area (Å²) in [5, 5.41) is 34.9. The molecule has 0 radical (unpaired) electrons. The number of rotatable bonds is 5. The molecule has 0 aliphatic heterocycles. The summed E-state index contributed by atoms with van der Waals surface area (Å²) in [7, 11) is 0. The van der Waals surface area contributed by atoms with Gasteiger partial charge in [-0.3, -0.25) is 0 Å². The van der Waals surface area contributed by atoms with Crippen LogP contribution in [-0.2, 0) is 6.54 Å². The van der Waals surface area contributed by atoms with Gasteiger partial charge in [0.05, 0.1) is 16.8 Å². The Morgan fingerprint density at radius 2 is 1.81 bits per heavy atom. The largest absolute Gasteiger partial charge is 0.508 e. The molecule has 0 fully saturated rings. The van der Waals surface area contributed by atoms with Crippen LogP contribution in [0.15, 0.2) is 59.9 Å². The minimum Gasteiger partial charge on any atom is -0.508 e. The highest BCUT2D eigenvalue weighted by Crippen LogP contribution is 2.39. The van der Waals surface area contributed by atoms with Crippen molar-refractivity contribution in [3.05, 3.63) is 65.3 Å². The Hall–Kier alpha value is -3.94. The zero-order chi connectivity index (χ0) is 18.8. The molecule has 134 valence electrons. The molecule has 0 saturated heterocycles. The van der Waals surface area contributed by atoms with Crippen molar-refractivity contribution < 1.29 is 10.2 Å². The number of hydrogen-bond acceptors (Lipinski definition) is 7. The standard InChI is InChI=1S/C19H15N5O3/c25-12-7-5-11(6-8-12)22-14-9-20-19-18(14)17(15(10-21-27)23-24-19)13-3-1-2-4-16(13)26/h1-9,22,25-26H,10H2,(H,20,24). The fourth-order valence-electron chi connectivity index (χ4n) is 2.99. The van der Waals surface area contributed by atoms with Gasteiger partial charge in [-0.05, 0) is 30.3 Å². The maximum absolute atomic E-state index is 10.9. The summed E-state index contributed by atoms with van der Waals surface area (Å²) in [5.41, 5.74) is 3.43. The van der Waals surface area contributed by atoms with Crippen molar-refractivity contribution in [1.82, 2.24) is 15.2 Å². The van der Waals surface area contributed by atoms with E-state index in [0.29, 0.717) is 33.5 Å². The van der Waals surface area contributed by atoms with Crippen LogP contribution in [0, 0.1) is 4.91 Å². The van der Waals surface area contributed by atoms with Crippen LogP contribution in [0.25, 0.3) is 22.2 Å². The van der Waals surface area contributed by atoms with Crippen molar-refractivity contribution in [2.24, 2.45) is 5.18 Å². The highest BCUT2D eigenvalue weighted by molar-refractivity contribution is 6.04. The van der Waals surface area contributed by atoms with Gasteiger partial charge >= 0.3 is 0 Å². The van der Waals surface area contributed by atoms with E-state index in [4.69, 9.17) is 0 Å². The van der Waals surface area contributed by atoms with Crippen LogP contribution in [0.5, 0.6) is 11.5 Å². The van der Waals surface area contributed by atoms with Gasteiger partial charge in [-0.1, -0.05) is 23.4 Å². The van der Waals surface area contributed by atoms with E-state index in [2.05, 4.69) is 25.7 Å². The second-order valence-electron chi connectivity index (χ2n) is 5.92. The summed E-state index contributed by atoms with van der Waals surface area (Å²) in [6.07, 6.45) is 1.73. The van der Waals surface area contributed by atoms with Gasteiger partial charge in [-0.2, -0.15) is 10.0 Å². The maximum atomic E-state index is 10.9. The van der Waals surface area contributed by atoms with E-state index in [9.17, 15) is 15.1 Å². The second kappa shape index (κ2) is 6.75. The van der Waals surface area contributed by atoms with E-state index in [0.717, 1.165) is 5.69 Å². The molecule has 0 unspecified atom stereocenters. The molecule has 4 N–H and O–H groups in total. The third-order valence-electron chi connectivity index (χ3n) is 4.20. The Balaban J connectivity index is 1.94. The van der Waals surface area contributed by atoms with E-state index < -0.39 is 0 Å². The normalized spacial score (nSPS) is 10.8. The summed E-state index contributed by atoms with van der Waals surface area (Å²) in [5.74, 6) is 0.232. The Bertz CT molecular complexity index is 1120. The van der Waals surface area contributed by atoms with Crippen molar-refractivity contribution in [2.45, 2.75) is 6.54 Å². The minimum atomic E-state index is -0.170. The zero-order valence-electron chi connectivity index (χ0n) is 14.0. The molecule has 0 spiro atoms. The number of phenolic OH excluding ortho intramolecular Hbond substituents is 2. The molecule has 4 rings (SSSR count). The van der Waals surface area contributed by atoms with Gasteiger partial charge in [0.2, 0.25) is 0 Å². The molecule has 2 aromatic carbocycles. The number of aromatic nitrogens is 3. The monoisotopic (exact) mass is 361 g/mol. The summed E-state index contributed by atoms with van der Waals surface area (Å²) < 4.78 is 0. The van der Waals surface area contributed by atoms with Crippen LogP contribution in [0.1, 0.15) is 5.69 Å².